The van der Waals surface area contributed by atoms with E-state index in [4.69, 9.17) is 4.74 Å². The van der Waals surface area contributed by atoms with Crippen molar-refractivity contribution in [3.8, 4) is 17.5 Å². The minimum atomic E-state index is -0.194. The largest absolute Gasteiger partial charge is 0.497 e. The van der Waals surface area contributed by atoms with E-state index in [0.717, 1.165) is 42.1 Å². The number of aromatic nitrogens is 2. The first-order valence-electron chi connectivity index (χ1n) is 12.1. The van der Waals surface area contributed by atoms with Crippen molar-refractivity contribution in [2.24, 2.45) is 0 Å². The first-order valence-corrected chi connectivity index (χ1v) is 12.1. The lowest BCUT2D eigenvalue weighted by Crippen LogP contribution is -2.44. The summed E-state index contributed by atoms with van der Waals surface area (Å²) in [5, 5.41) is 14.5. The Kier molecular flexibility index (Phi) is 4.81. The van der Waals surface area contributed by atoms with Crippen molar-refractivity contribution >= 4 is 11.6 Å². The molecule has 3 aliphatic rings. The quantitative estimate of drug-likeness (QED) is 0.547. The Hall–Kier alpha value is -3.63. The number of fused-ring (bicyclic) bond motifs is 2. The van der Waals surface area contributed by atoms with E-state index < -0.39 is 0 Å². The lowest BCUT2D eigenvalue weighted by atomic mass is 9.88. The molecule has 2 aliphatic carbocycles. The predicted octanol–water partition coefficient (Wildman–Crippen LogP) is 4.04. The maximum absolute atomic E-state index is 13.9. The number of anilines is 1. The number of hydrogen-bond donors (Lipinski definition) is 0. The zero-order valence-corrected chi connectivity index (χ0v) is 20.4. The van der Waals surface area contributed by atoms with E-state index in [9.17, 15) is 10.1 Å². The summed E-state index contributed by atoms with van der Waals surface area (Å²) in [5.41, 5.74) is 4.71. The van der Waals surface area contributed by atoms with Crippen LogP contribution < -0.4 is 9.64 Å². The number of nitrogens with zero attached hydrogens (tertiary/aromatic N) is 5. The van der Waals surface area contributed by atoms with Gasteiger partial charge in [-0.05, 0) is 81.7 Å². The Morgan fingerprint density at radius 3 is 2.23 bits per heavy atom. The molecule has 0 N–H and O–H groups in total. The SMILES string of the molecule is COc1ccc(-n2nc(C#N)c3c2C(=O)N(c2ccc(C4(CN(C)C)CC4)cc2)CC32CC2)cc1. The minimum Gasteiger partial charge on any atom is -0.497 e. The normalized spacial score (nSPS) is 18.9. The molecule has 35 heavy (non-hydrogen) atoms. The summed E-state index contributed by atoms with van der Waals surface area (Å²) in [5.74, 6) is 0.620. The summed E-state index contributed by atoms with van der Waals surface area (Å²) in [6.07, 6.45) is 4.32. The summed E-state index contributed by atoms with van der Waals surface area (Å²) in [7, 11) is 5.86. The van der Waals surface area contributed by atoms with Gasteiger partial charge in [-0.2, -0.15) is 10.4 Å². The fourth-order valence-electron chi connectivity index (χ4n) is 5.74. The molecule has 1 aromatic heterocycles. The Morgan fingerprint density at radius 1 is 1.03 bits per heavy atom. The number of amides is 1. The van der Waals surface area contributed by atoms with Crippen LogP contribution in [0.25, 0.3) is 5.69 Å². The van der Waals surface area contributed by atoms with Gasteiger partial charge < -0.3 is 14.5 Å². The van der Waals surface area contributed by atoms with Crippen LogP contribution in [0.2, 0.25) is 0 Å². The van der Waals surface area contributed by atoms with Gasteiger partial charge in [0.05, 0.1) is 12.8 Å². The highest BCUT2D eigenvalue weighted by Crippen LogP contribution is 2.54. The van der Waals surface area contributed by atoms with Gasteiger partial charge in [-0.25, -0.2) is 4.68 Å². The van der Waals surface area contributed by atoms with Crippen LogP contribution in [-0.4, -0.2) is 54.9 Å². The fraction of sp³-hybridized carbons (Fsp3) is 0.393. The van der Waals surface area contributed by atoms with Gasteiger partial charge in [-0.15, -0.1) is 0 Å². The molecule has 0 atom stereocenters. The van der Waals surface area contributed by atoms with Gasteiger partial charge in [0.15, 0.2) is 5.69 Å². The third kappa shape index (κ3) is 3.43. The average Bonchev–Trinajstić information content (AvgIpc) is 3.79. The van der Waals surface area contributed by atoms with Gasteiger partial charge in [0, 0.05) is 35.2 Å². The summed E-state index contributed by atoms with van der Waals surface area (Å²) < 4.78 is 6.93. The van der Waals surface area contributed by atoms with Gasteiger partial charge >= 0.3 is 0 Å². The molecule has 0 unspecified atom stereocenters. The zero-order valence-electron chi connectivity index (χ0n) is 20.4. The molecule has 7 nitrogen and oxygen atoms in total. The van der Waals surface area contributed by atoms with E-state index in [0.29, 0.717) is 17.9 Å². The van der Waals surface area contributed by atoms with Gasteiger partial charge in [0.25, 0.3) is 5.91 Å². The first kappa shape index (κ1) is 21.9. The summed E-state index contributed by atoms with van der Waals surface area (Å²) in [4.78, 5) is 18.1. The fourth-order valence-corrected chi connectivity index (χ4v) is 5.74. The Morgan fingerprint density at radius 2 is 1.69 bits per heavy atom. The summed E-state index contributed by atoms with van der Waals surface area (Å²) in [6, 6.07) is 18.2. The van der Waals surface area contributed by atoms with Crippen molar-refractivity contribution < 1.29 is 9.53 Å². The van der Waals surface area contributed by atoms with E-state index in [1.807, 2.05) is 29.2 Å². The van der Waals surface area contributed by atoms with Crippen molar-refractivity contribution in [3.05, 3.63) is 71.0 Å². The smallest absolute Gasteiger partial charge is 0.277 e. The number of rotatable bonds is 6. The summed E-state index contributed by atoms with van der Waals surface area (Å²) in [6.45, 7) is 1.63. The third-order valence-electron chi connectivity index (χ3n) is 7.86. The molecule has 2 saturated carbocycles. The van der Waals surface area contributed by atoms with E-state index in [2.05, 4.69) is 54.4 Å². The molecule has 7 heteroatoms. The second-order valence-electron chi connectivity index (χ2n) is 10.5. The molecule has 6 rings (SSSR count). The number of hydrogen-bond acceptors (Lipinski definition) is 5. The molecular formula is C28H29N5O2. The topological polar surface area (TPSA) is 74.4 Å². The minimum absolute atomic E-state index is 0.107. The van der Waals surface area contributed by atoms with Crippen LogP contribution in [0.5, 0.6) is 5.75 Å². The lowest BCUT2D eigenvalue weighted by Gasteiger charge is -2.33. The van der Waals surface area contributed by atoms with Crippen molar-refractivity contribution in [1.82, 2.24) is 14.7 Å². The predicted molar refractivity (Wildman–Crippen MR) is 133 cm³/mol. The van der Waals surface area contributed by atoms with Crippen LogP contribution in [0, 0.1) is 11.3 Å². The van der Waals surface area contributed by atoms with E-state index >= 15 is 0 Å². The molecular weight excluding hydrogens is 438 g/mol. The van der Waals surface area contributed by atoms with Gasteiger partial charge in [-0.1, -0.05) is 12.1 Å². The number of methoxy groups -OCH3 is 1. The zero-order chi connectivity index (χ0) is 24.4. The van der Waals surface area contributed by atoms with Crippen LogP contribution in [0.4, 0.5) is 5.69 Å². The van der Waals surface area contributed by atoms with E-state index in [1.165, 1.54) is 18.4 Å². The molecule has 0 saturated heterocycles. The number of likely N-dealkylation sites (N-methyl/N-ethyl adjacent to an activating group) is 1. The maximum atomic E-state index is 13.9. The monoisotopic (exact) mass is 467 g/mol. The Balaban J connectivity index is 1.39. The average molecular weight is 468 g/mol. The van der Waals surface area contributed by atoms with Crippen LogP contribution in [0.3, 0.4) is 0 Å². The lowest BCUT2D eigenvalue weighted by molar-refractivity contribution is 0.0967. The third-order valence-corrected chi connectivity index (χ3v) is 7.86. The molecule has 1 spiro atoms. The second-order valence-corrected chi connectivity index (χ2v) is 10.5. The van der Waals surface area contributed by atoms with Crippen molar-refractivity contribution in [1.29, 1.82) is 5.26 Å². The van der Waals surface area contributed by atoms with Gasteiger partial charge in [0.1, 0.15) is 17.5 Å². The number of nitriles is 1. The second kappa shape index (κ2) is 7.69. The Bertz CT molecular complexity index is 1340. The van der Waals surface area contributed by atoms with Crippen LogP contribution in [0.15, 0.2) is 48.5 Å². The van der Waals surface area contributed by atoms with Crippen molar-refractivity contribution in [2.45, 2.75) is 36.5 Å². The Labute approximate surface area is 205 Å². The molecule has 0 bridgehead atoms. The first-order chi connectivity index (χ1) is 16.9. The van der Waals surface area contributed by atoms with Gasteiger partial charge in [-0.3, -0.25) is 4.79 Å². The molecule has 2 heterocycles. The van der Waals surface area contributed by atoms with Crippen LogP contribution in [-0.2, 0) is 10.8 Å². The van der Waals surface area contributed by atoms with Crippen molar-refractivity contribution in [2.75, 3.05) is 39.2 Å². The number of carbonyl (C=O) groups excluding carboxylic acids is 1. The van der Waals surface area contributed by atoms with E-state index in [-0.39, 0.29) is 16.7 Å². The van der Waals surface area contributed by atoms with E-state index in [1.54, 1.807) is 11.8 Å². The molecule has 1 aliphatic heterocycles. The highest BCUT2D eigenvalue weighted by molar-refractivity contribution is 6.08. The maximum Gasteiger partial charge on any atom is 0.277 e. The number of benzene rings is 2. The van der Waals surface area contributed by atoms with Crippen LogP contribution >= 0.6 is 0 Å². The van der Waals surface area contributed by atoms with Crippen LogP contribution in [0.1, 0.15) is 53.0 Å². The number of ether oxygens (including phenoxy) is 1. The highest BCUT2D eigenvalue weighted by Gasteiger charge is 2.55. The molecule has 3 aromatic rings. The molecule has 0 radical (unpaired) electrons. The highest BCUT2D eigenvalue weighted by atomic mass is 16.5. The molecule has 2 aromatic carbocycles. The summed E-state index contributed by atoms with van der Waals surface area (Å²) >= 11 is 0. The number of carbonyl (C=O) groups is 1. The standard InChI is InChI=1S/C28H29N5O2/c1-31(2)17-27(12-13-27)19-4-6-20(7-5-19)32-18-28(14-15-28)24-23(16-29)30-33(25(24)26(32)34)21-8-10-22(35-3)11-9-21/h4-11H,12-15,17-18H2,1-3H3. The molecule has 1 amide bonds. The molecule has 178 valence electrons. The van der Waals surface area contributed by atoms with Gasteiger partial charge in [0.2, 0.25) is 0 Å². The molecule has 2 fully saturated rings. The van der Waals surface area contributed by atoms with Crippen molar-refractivity contribution in [3.63, 3.8) is 0 Å².